The summed E-state index contributed by atoms with van der Waals surface area (Å²) >= 11 is 18.7. The average Bonchev–Trinajstić information content (AvgIpc) is 2.99. The normalized spacial score (nSPS) is 15.1. The van der Waals surface area contributed by atoms with E-state index in [4.69, 9.17) is 35.4 Å². The van der Waals surface area contributed by atoms with Crippen LogP contribution in [0, 0.1) is 0 Å². The first-order valence-corrected chi connectivity index (χ1v) is 11.5. The molecule has 30 heavy (non-hydrogen) atoms. The van der Waals surface area contributed by atoms with Crippen LogP contribution in [0.5, 0.6) is 0 Å². The van der Waals surface area contributed by atoms with Gasteiger partial charge in [-0.15, -0.1) is 0 Å². The lowest BCUT2D eigenvalue weighted by atomic mass is 10.1. The van der Waals surface area contributed by atoms with Crippen molar-refractivity contribution in [3.05, 3.63) is 69.0 Å². The highest BCUT2D eigenvalue weighted by molar-refractivity contribution is 8.26. The molecule has 0 unspecified atom stereocenters. The molecule has 1 fully saturated rings. The van der Waals surface area contributed by atoms with Crippen LogP contribution >= 0.6 is 47.2 Å². The molecule has 1 heterocycles. The average molecular weight is 479 g/mol. The zero-order valence-electron chi connectivity index (χ0n) is 16.1. The van der Waals surface area contributed by atoms with Crippen molar-refractivity contribution in [2.24, 2.45) is 0 Å². The van der Waals surface area contributed by atoms with Gasteiger partial charge in [-0.3, -0.25) is 14.5 Å². The number of unbranched alkanes of at least 4 members (excludes halogenated alkanes) is 2. The fourth-order valence-corrected chi connectivity index (χ4v) is 4.60. The number of carbonyl (C=O) groups is 2. The molecular weight excluding hydrogens is 459 g/mol. The van der Waals surface area contributed by atoms with Gasteiger partial charge >= 0.3 is 0 Å². The second kappa shape index (κ2) is 11.0. The molecule has 0 bridgehead atoms. The molecule has 0 aliphatic carbocycles. The monoisotopic (exact) mass is 478 g/mol. The zero-order chi connectivity index (χ0) is 21.5. The summed E-state index contributed by atoms with van der Waals surface area (Å²) in [4.78, 5) is 27.0. The van der Waals surface area contributed by atoms with Crippen LogP contribution < -0.4 is 5.32 Å². The minimum absolute atomic E-state index is 0.0535. The molecule has 0 aromatic heterocycles. The Morgan fingerprint density at radius 2 is 1.83 bits per heavy atom. The van der Waals surface area contributed by atoms with Gasteiger partial charge in [0.15, 0.2) is 0 Å². The maximum atomic E-state index is 12.6. The van der Waals surface area contributed by atoms with Crippen LogP contribution in [0.3, 0.4) is 0 Å². The third-order valence-corrected chi connectivity index (χ3v) is 6.68. The van der Waals surface area contributed by atoms with Gasteiger partial charge in [-0.2, -0.15) is 0 Å². The van der Waals surface area contributed by atoms with Crippen LogP contribution in [-0.4, -0.2) is 27.6 Å². The molecule has 156 valence electrons. The van der Waals surface area contributed by atoms with Gasteiger partial charge in [0.1, 0.15) is 4.32 Å². The van der Waals surface area contributed by atoms with Crippen LogP contribution in [0.1, 0.15) is 31.2 Å². The van der Waals surface area contributed by atoms with Crippen LogP contribution in [0.2, 0.25) is 10.0 Å². The predicted octanol–water partition coefficient (Wildman–Crippen LogP) is 6.39. The van der Waals surface area contributed by atoms with Crippen LogP contribution in [0.25, 0.3) is 6.08 Å². The molecule has 1 N–H and O–H groups in total. The lowest BCUT2D eigenvalue weighted by molar-refractivity contribution is -0.122. The highest BCUT2D eigenvalue weighted by atomic mass is 35.5. The maximum Gasteiger partial charge on any atom is 0.266 e. The van der Waals surface area contributed by atoms with Gasteiger partial charge in [0.25, 0.3) is 5.91 Å². The van der Waals surface area contributed by atoms with Crippen LogP contribution in [-0.2, 0) is 9.59 Å². The van der Waals surface area contributed by atoms with E-state index in [1.54, 1.807) is 23.1 Å². The quantitative estimate of drug-likeness (QED) is 0.271. The molecule has 2 amide bonds. The molecule has 4 nitrogen and oxygen atoms in total. The summed E-state index contributed by atoms with van der Waals surface area (Å²) in [6.07, 6.45) is 4.53. The third kappa shape index (κ3) is 6.08. The molecular formula is C22H20Cl2N2O2S2. The molecule has 0 radical (unpaired) electrons. The Morgan fingerprint density at radius 3 is 2.60 bits per heavy atom. The number of nitrogens with one attached hydrogen (secondary N) is 1. The lowest BCUT2D eigenvalue weighted by Gasteiger charge is -2.14. The number of benzene rings is 2. The molecule has 2 aromatic rings. The molecule has 1 aliphatic heterocycles. The van der Waals surface area contributed by atoms with Crippen molar-refractivity contribution in [2.75, 3.05) is 11.9 Å². The molecule has 1 saturated heterocycles. The molecule has 8 heteroatoms. The zero-order valence-corrected chi connectivity index (χ0v) is 19.2. The molecule has 0 saturated carbocycles. The lowest BCUT2D eigenvalue weighted by Crippen LogP contribution is -2.29. The molecule has 0 spiro atoms. The van der Waals surface area contributed by atoms with Crippen molar-refractivity contribution >= 4 is 75.1 Å². The van der Waals surface area contributed by atoms with Crippen molar-refractivity contribution in [1.82, 2.24) is 4.90 Å². The second-order valence-corrected chi connectivity index (χ2v) is 9.17. The molecule has 0 atom stereocenters. The number of hydrogen-bond donors (Lipinski definition) is 1. The first-order valence-electron chi connectivity index (χ1n) is 9.50. The number of thioether (sulfide) groups is 1. The van der Waals surface area contributed by atoms with Gasteiger partial charge in [-0.05, 0) is 36.6 Å². The van der Waals surface area contributed by atoms with E-state index in [1.165, 1.54) is 11.8 Å². The molecule has 2 aromatic carbocycles. The number of thiocarbonyl (C=S) groups is 1. The first kappa shape index (κ1) is 22.8. The fourth-order valence-electron chi connectivity index (χ4n) is 2.94. The Kier molecular flexibility index (Phi) is 8.33. The van der Waals surface area contributed by atoms with E-state index < -0.39 is 0 Å². The number of nitrogens with zero attached hydrogens (tertiary/aromatic N) is 1. The van der Waals surface area contributed by atoms with Gasteiger partial charge < -0.3 is 5.32 Å². The largest absolute Gasteiger partial charge is 0.325 e. The summed E-state index contributed by atoms with van der Waals surface area (Å²) in [6, 6.07) is 14.8. The highest BCUT2D eigenvalue weighted by Gasteiger charge is 2.31. The number of carbonyl (C=O) groups excluding carboxylic acids is 2. The van der Waals surface area contributed by atoms with E-state index in [0.29, 0.717) is 44.3 Å². The number of rotatable bonds is 8. The highest BCUT2D eigenvalue weighted by Crippen LogP contribution is 2.33. The summed E-state index contributed by atoms with van der Waals surface area (Å²) in [7, 11) is 0. The van der Waals surface area contributed by atoms with Gasteiger partial charge in [0.05, 0.1) is 20.6 Å². The standard InChI is InChI=1S/C22H20Cl2N2O2S2/c23-16-10-7-11-17(20(16)24)25-19(27)12-5-2-6-13-26-21(28)18(30-22(26)29)14-15-8-3-1-4-9-15/h1,3-4,7-11,14H,2,5-6,12-13H2,(H,25,27). The maximum absolute atomic E-state index is 12.6. The summed E-state index contributed by atoms with van der Waals surface area (Å²) in [5.41, 5.74) is 1.49. The van der Waals surface area contributed by atoms with E-state index in [-0.39, 0.29) is 11.8 Å². The Labute approximate surface area is 195 Å². The van der Waals surface area contributed by atoms with E-state index in [1.807, 2.05) is 36.4 Å². The van der Waals surface area contributed by atoms with Crippen molar-refractivity contribution in [3.63, 3.8) is 0 Å². The van der Waals surface area contributed by atoms with Gasteiger partial charge in [-0.25, -0.2) is 0 Å². The minimum atomic E-state index is -0.115. The van der Waals surface area contributed by atoms with E-state index in [2.05, 4.69) is 5.32 Å². The Balaban J connectivity index is 1.41. The topological polar surface area (TPSA) is 49.4 Å². The predicted molar refractivity (Wildman–Crippen MR) is 130 cm³/mol. The second-order valence-electron chi connectivity index (χ2n) is 6.70. The Bertz CT molecular complexity index is 980. The summed E-state index contributed by atoms with van der Waals surface area (Å²) < 4.78 is 0.579. The van der Waals surface area contributed by atoms with Crippen molar-refractivity contribution in [2.45, 2.75) is 25.7 Å². The van der Waals surface area contributed by atoms with Gasteiger partial charge in [0, 0.05) is 13.0 Å². The summed E-state index contributed by atoms with van der Waals surface area (Å²) in [6.45, 7) is 0.554. The van der Waals surface area contributed by atoms with E-state index in [0.717, 1.165) is 18.4 Å². The number of amides is 2. The molecule has 3 rings (SSSR count). The van der Waals surface area contributed by atoms with E-state index >= 15 is 0 Å². The van der Waals surface area contributed by atoms with Crippen LogP contribution in [0.4, 0.5) is 5.69 Å². The third-order valence-electron chi connectivity index (χ3n) is 4.48. The van der Waals surface area contributed by atoms with Gasteiger partial charge in [0.2, 0.25) is 5.91 Å². The van der Waals surface area contributed by atoms with Crippen molar-refractivity contribution in [3.8, 4) is 0 Å². The number of hydrogen-bond acceptors (Lipinski definition) is 4. The Morgan fingerprint density at radius 1 is 1.07 bits per heavy atom. The Hall–Kier alpha value is -1.86. The van der Waals surface area contributed by atoms with Crippen LogP contribution in [0.15, 0.2) is 53.4 Å². The summed E-state index contributed by atoms with van der Waals surface area (Å²) in [5.74, 6) is -0.169. The fraction of sp³-hybridized carbons (Fsp3) is 0.227. The number of anilines is 1. The van der Waals surface area contributed by atoms with Crippen molar-refractivity contribution in [1.29, 1.82) is 0 Å². The van der Waals surface area contributed by atoms with Gasteiger partial charge in [-0.1, -0.05) is 90.0 Å². The number of halogens is 2. The van der Waals surface area contributed by atoms with Crippen molar-refractivity contribution < 1.29 is 9.59 Å². The SMILES string of the molecule is O=C(CCCCCN1C(=O)C(=Cc2ccccc2)SC1=S)Nc1cccc(Cl)c1Cl. The molecule has 1 aliphatic rings. The summed E-state index contributed by atoms with van der Waals surface area (Å²) in [5, 5.41) is 3.52. The minimum Gasteiger partial charge on any atom is -0.325 e. The smallest absolute Gasteiger partial charge is 0.266 e. The first-order chi connectivity index (χ1) is 14.5. The van der Waals surface area contributed by atoms with E-state index in [9.17, 15) is 9.59 Å².